The first-order chi connectivity index (χ1) is 18.0. The SMILES string of the molecule is N#Cc1ccc(Oc2ccc(NC(=O)N3CC(c4ccc(F)cc4)C(c4ccc(F)cc4)=N3)cc2)cc1. The van der Waals surface area contributed by atoms with E-state index in [9.17, 15) is 13.6 Å². The molecular formula is C29H20F2N4O2. The zero-order chi connectivity index (χ0) is 25.8. The highest BCUT2D eigenvalue weighted by Crippen LogP contribution is 2.30. The van der Waals surface area contributed by atoms with Crippen molar-refractivity contribution >= 4 is 17.4 Å². The topological polar surface area (TPSA) is 77.7 Å². The molecule has 0 fully saturated rings. The fourth-order valence-corrected chi connectivity index (χ4v) is 3.99. The number of nitrogens with one attached hydrogen (secondary N) is 1. The predicted octanol–water partition coefficient (Wildman–Crippen LogP) is 6.66. The minimum atomic E-state index is -0.440. The molecule has 2 amide bonds. The lowest BCUT2D eigenvalue weighted by Crippen LogP contribution is -2.30. The standard InChI is InChI=1S/C29H20F2N4O2/c30-22-7-3-20(4-8-22)27-18-35(34-28(27)21-5-9-23(31)10-6-21)29(36)33-24-11-15-26(16-12-24)37-25-13-1-19(17-32)2-14-25/h1-16,27H,18H2,(H,33,36). The van der Waals surface area contributed by atoms with E-state index in [1.807, 2.05) is 0 Å². The van der Waals surface area contributed by atoms with Gasteiger partial charge in [0, 0.05) is 11.6 Å². The summed E-state index contributed by atoms with van der Waals surface area (Å²) in [5, 5.41) is 17.6. The van der Waals surface area contributed by atoms with Crippen LogP contribution in [0.2, 0.25) is 0 Å². The monoisotopic (exact) mass is 494 g/mol. The smallest absolute Gasteiger partial charge is 0.342 e. The van der Waals surface area contributed by atoms with E-state index >= 15 is 0 Å². The second kappa shape index (κ2) is 10.3. The molecule has 5 rings (SSSR count). The van der Waals surface area contributed by atoms with E-state index < -0.39 is 6.03 Å². The van der Waals surface area contributed by atoms with Crippen molar-refractivity contribution in [3.8, 4) is 17.6 Å². The van der Waals surface area contributed by atoms with Crippen LogP contribution in [0.15, 0.2) is 102 Å². The third kappa shape index (κ3) is 5.46. The van der Waals surface area contributed by atoms with Gasteiger partial charge in [-0.05, 0) is 83.9 Å². The second-order valence-electron chi connectivity index (χ2n) is 8.37. The van der Waals surface area contributed by atoms with E-state index in [-0.39, 0.29) is 24.1 Å². The normalized spacial score (nSPS) is 14.6. The van der Waals surface area contributed by atoms with E-state index in [4.69, 9.17) is 10.00 Å². The van der Waals surface area contributed by atoms with E-state index in [1.165, 1.54) is 29.3 Å². The molecule has 37 heavy (non-hydrogen) atoms. The van der Waals surface area contributed by atoms with Crippen molar-refractivity contribution in [3.63, 3.8) is 0 Å². The number of halogens is 2. The van der Waals surface area contributed by atoms with Crippen LogP contribution in [-0.2, 0) is 0 Å². The van der Waals surface area contributed by atoms with Gasteiger partial charge in [0.05, 0.1) is 23.9 Å². The fraction of sp³-hybridized carbons (Fsp3) is 0.0690. The predicted molar refractivity (Wildman–Crippen MR) is 135 cm³/mol. The maximum absolute atomic E-state index is 13.5. The molecule has 182 valence electrons. The minimum Gasteiger partial charge on any atom is -0.457 e. The molecule has 0 radical (unpaired) electrons. The third-order valence-electron chi connectivity index (χ3n) is 5.89. The van der Waals surface area contributed by atoms with Crippen molar-refractivity contribution in [2.24, 2.45) is 5.10 Å². The van der Waals surface area contributed by atoms with Crippen LogP contribution in [0.3, 0.4) is 0 Å². The molecule has 0 bridgehead atoms. The zero-order valence-corrected chi connectivity index (χ0v) is 19.4. The highest BCUT2D eigenvalue weighted by molar-refractivity contribution is 6.07. The number of hydrogen-bond donors (Lipinski definition) is 1. The van der Waals surface area contributed by atoms with Crippen molar-refractivity contribution in [2.75, 3.05) is 11.9 Å². The highest BCUT2D eigenvalue weighted by atomic mass is 19.1. The Kier molecular flexibility index (Phi) is 6.60. The molecule has 1 heterocycles. The van der Waals surface area contributed by atoms with Crippen molar-refractivity contribution < 1.29 is 18.3 Å². The molecule has 0 aromatic heterocycles. The molecule has 1 atom stereocenters. The largest absolute Gasteiger partial charge is 0.457 e. The number of benzene rings is 4. The average molecular weight is 495 g/mol. The molecule has 1 aliphatic rings. The molecule has 0 saturated heterocycles. The number of rotatable bonds is 5. The van der Waals surface area contributed by atoms with E-state index in [0.29, 0.717) is 34.0 Å². The summed E-state index contributed by atoms with van der Waals surface area (Å²) in [5.74, 6) is 0.115. The van der Waals surface area contributed by atoms with Gasteiger partial charge in [-0.25, -0.2) is 18.6 Å². The van der Waals surface area contributed by atoms with E-state index in [1.54, 1.807) is 72.8 Å². The number of hydrogen-bond acceptors (Lipinski definition) is 4. The molecule has 0 saturated carbocycles. The van der Waals surface area contributed by atoms with Crippen LogP contribution in [0.4, 0.5) is 19.3 Å². The molecule has 8 heteroatoms. The summed E-state index contributed by atoms with van der Waals surface area (Å²) in [5.41, 5.74) is 3.15. The summed E-state index contributed by atoms with van der Waals surface area (Å²) in [4.78, 5) is 13.0. The van der Waals surface area contributed by atoms with Crippen LogP contribution in [0.1, 0.15) is 22.6 Å². The van der Waals surface area contributed by atoms with E-state index in [0.717, 1.165) is 5.56 Å². The number of hydrazone groups is 1. The maximum Gasteiger partial charge on any atom is 0.342 e. The average Bonchev–Trinajstić information content (AvgIpc) is 3.37. The van der Waals surface area contributed by atoms with Crippen LogP contribution in [0.5, 0.6) is 11.5 Å². The van der Waals surface area contributed by atoms with Gasteiger partial charge in [-0.15, -0.1) is 0 Å². The Morgan fingerprint density at radius 1 is 0.865 bits per heavy atom. The number of carbonyl (C=O) groups is 1. The third-order valence-corrected chi connectivity index (χ3v) is 5.89. The van der Waals surface area contributed by atoms with Crippen LogP contribution in [0, 0.1) is 23.0 Å². The van der Waals surface area contributed by atoms with E-state index in [2.05, 4.69) is 16.5 Å². The lowest BCUT2D eigenvalue weighted by Gasteiger charge is -2.16. The molecule has 1 unspecified atom stereocenters. The first-order valence-electron chi connectivity index (χ1n) is 11.4. The first-order valence-corrected chi connectivity index (χ1v) is 11.4. The summed E-state index contributed by atoms with van der Waals surface area (Å²) in [7, 11) is 0. The summed E-state index contributed by atoms with van der Waals surface area (Å²) < 4.78 is 32.8. The van der Waals surface area contributed by atoms with Gasteiger partial charge < -0.3 is 10.1 Å². The van der Waals surface area contributed by atoms with Gasteiger partial charge in [-0.1, -0.05) is 24.3 Å². The molecule has 0 spiro atoms. The van der Waals surface area contributed by atoms with Crippen molar-refractivity contribution in [1.29, 1.82) is 5.26 Å². The van der Waals surface area contributed by atoms with Crippen molar-refractivity contribution in [3.05, 3.63) is 125 Å². The Labute approximate surface area is 212 Å². The van der Waals surface area contributed by atoms with Gasteiger partial charge in [0.1, 0.15) is 23.1 Å². The van der Waals surface area contributed by atoms with Gasteiger partial charge in [0.25, 0.3) is 0 Å². The van der Waals surface area contributed by atoms with Gasteiger partial charge in [-0.2, -0.15) is 10.4 Å². The van der Waals surface area contributed by atoms with Crippen molar-refractivity contribution in [2.45, 2.75) is 5.92 Å². The number of ether oxygens (including phenoxy) is 1. The number of nitriles is 1. The minimum absolute atomic E-state index is 0.240. The van der Waals surface area contributed by atoms with Gasteiger partial charge in [0.15, 0.2) is 0 Å². The molecule has 4 aromatic carbocycles. The van der Waals surface area contributed by atoms with Gasteiger partial charge in [0.2, 0.25) is 0 Å². The fourth-order valence-electron chi connectivity index (χ4n) is 3.99. The Morgan fingerprint density at radius 3 is 2.03 bits per heavy atom. The van der Waals surface area contributed by atoms with Gasteiger partial charge >= 0.3 is 6.03 Å². The Balaban J connectivity index is 1.31. The quantitative estimate of drug-likeness (QED) is 0.337. The summed E-state index contributed by atoms with van der Waals surface area (Å²) >= 11 is 0. The molecular weight excluding hydrogens is 474 g/mol. The Hall–Kier alpha value is -5.03. The number of urea groups is 1. The molecule has 1 aliphatic heterocycles. The molecule has 6 nitrogen and oxygen atoms in total. The first kappa shape index (κ1) is 23.7. The van der Waals surface area contributed by atoms with Crippen LogP contribution in [0.25, 0.3) is 0 Å². The van der Waals surface area contributed by atoms with Crippen LogP contribution >= 0.6 is 0 Å². The number of nitrogens with zero attached hydrogens (tertiary/aromatic N) is 3. The number of amides is 2. The Morgan fingerprint density at radius 2 is 1.43 bits per heavy atom. The molecule has 0 aliphatic carbocycles. The summed E-state index contributed by atoms with van der Waals surface area (Å²) in [6.07, 6.45) is 0. The Bertz CT molecular complexity index is 1480. The highest BCUT2D eigenvalue weighted by Gasteiger charge is 2.32. The second-order valence-corrected chi connectivity index (χ2v) is 8.37. The number of anilines is 1. The molecule has 1 N–H and O–H groups in total. The number of carbonyl (C=O) groups excluding carboxylic acids is 1. The van der Waals surface area contributed by atoms with Crippen LogP contribution in [-0.4, -0.2) is 23.3 Å². The summed E-state index contributed by atoms with van der Waals surface area (Å²) in [6.45, 7) is 0.240. The zero-order valence-electron chi connectivity index (χ0n) is 19.4. The van der Waals surface area contributed by atoms with Crippen LogP contribution < -0.4 is 10.1 Å². The van der Waals surface area contributed by atoms with Gasteiger partial charge in [-0.3, -0.25) is 0 Å². The maximum atomic E-state index is 13.5. The lowest BCUT2D eigenvalue weighted by atomic mass is 9.90. The lowest BCUT2D eigenvalue weighted by molar-refractivity contribution is 0.218. The molecule has 4 aromatic rings. The summed E-state index contributed by atoms with van der Waals surface area (Å²) in [6, 6.07) is 27.1. The van der Waals surface area contributed by atoms with Crippen molar-refractivity contribution in [1.82, 2.24) is 5.01 Å².